The summed E-state index contributed by atoms with van der Waals surface area (Å²) in [7, 11) is 4.60. The van der Waals surface area contributed by atoms with E-state index >= 15 is 0 Å². The van der Waals surface area contributed by atoms with Crippen LogP contribution in [0.25, 0.3) is 0 Å². The van der Waals surface area contributed by atoms with E-state index in [4.69, 9.17) is 18.9 Å². The Balaban J connectivity index is 2.88. The van der Waals surface area contributed by atoms with E-state index in [-0.39, 0.29) is 0 Å². The molecule has 0 aliphatic rings. The Morgan fingerprint density at radius 3 is 0.969 bits per heavy atom. The number of esters is 4. The van der Waals surface area contributed by atoms with Crippen LogP contribution in [0, 0.1) is 11.8 Å². The Hall–Kier alpha value is -3.68. The first kappa shape index (κ1) is 24.6. The predicted octanol–water partition coefficient (Wildman–Crippen LogP) is 2.48. The van der Waals surface area contributed by atoms with Gasteiger partial charge in [-0.3, -0.25) is 19.2 Å². The Bertz CT molecular complexity index is 816. The molecule has 8 heteroatoms. The van der Waals surface area contributed by atoms with Gasteiger partial charge in [-0.15, -0.1) is 0 Å². The van der Waals surface area contributed by atoms with Crippen LogP contribution in [0.2, 0.25) is 0 Å². The number of rotatable bonds is 9. The van der Waals surface area contributed by atoms with Gasteiger partial charge in [-0.2, -0.15) is 0 Å². The largest absolute Gasteiger partial charge is 0.468 e. The number of carbonyl (C=O) groups is 4. The van der Waals surface area contributed by atoms with E-state index in [0.717, 1.165) is 28.4 Å². The number of hydrogen-bond acceptors (Lipinski definition) is 8. The molecule has 2 aromatic carbocycles. The van der Waals surface area contributed by atoms with Crippen LogP contribution in [0.3, 0.4) is 0 Å². The molecule has 170 valence electrons. The second-order valence-electron chi connectivity index (χ2n) is 6.92. The topological polar surface area (TPSA) is 105 Å². The highest BCUT2D eigenvalue weighted by Crippen LogP contribution is 2.45. The van der Waals surface area contributed by atoms with Crippen LogP contribution >= 0.6 is 0 Å². The Kier molecular flexibility index (Phi) is 8.95. The summed E-state index contributed by atoms with van der Waals surface area (Å²) in [5.41, 5.74) is 1.06. The van der Waals surface area contributed by atoms with Crippen molar-refractivity contribution in [2.75, 3.05) is 28.4 Å². The van der Waals surface area contributed by atoms with Crippen LogP contribution in [0.4, 0.5) is 0 Å². The number of carbonyl (C=O) groups excluding carboxylic acids is 4. The molecule has 0 fully saturated rings. The fourth-order valence-electron chi connectivity index (χ4n) is 3.85. The third-order valence-corrected chi connectivity index (χ3v) is 5.29. The molecule has 0 N–H and O–H groups in total. The van der Waals surface area contributed by atoms with Gasteiger partial charge in [0.1, 0.15) is 0 Å². The van der Waals surface area contributed by atoms with E-state index in [2.05, 4.69) is 0 Å². The van der Waals surface area contributed by atoms with Gasteiger partial charge < -0.3 is 18.9 Å². The van der Waals surface area contributed by atoms with Crippen molar-refractivity contribution in [1.82, 2.24) is 0 Å². The molecule has 0 spiro atoms. The molecule has 0 saturated heterocycles. The van der Waals surface area contributed by atoms with Crippen LogP contribution in [0.1, 0.15) is 23.0 Å². The summed E-state index contributed by atoms with van der Waals surface area (Å²) in [6.07, 6.45) is 0. The van der Waals surface area contributed by atoms with Crippen LogP contribution < -0.4 is 0 Å². The standard InChI is InChI=1S/C24H26O8/c1-29-21(25)19(22(26)30-2)17(15-11-7-5-8-12-15)18(16-13-9-6-10-14-16)20(23(27)31-3)24(28)32-4/h5-14,17-20H,1-4H3/t17-,18-/m1/s1. The van der Waals surface area contributed by atoms with Crippen molar-refractivity contribution in [2.24, 2.45) is 11.8 Å². The van der Waals surface area contributed by atoms with Crippen LogP contribution in [0.15, 0.2) is 60.7 Å². The van der Waals surface area contributed by atoms with Crippen LogP contribution in [-0.2, 0) is 38.1 Å². The monoisotopic (exact) mass is 442 g/mol. The van der Waals surface area contributed by atoms with E-state index in [1.54, 1.807) is 60.7 Å². The summed E-state index contributed by atoms with van der Waals surface area (Å²) in [5.74, 6) is -8.40. The van der Waals surface area contributed by atoms with E-state index in [9.17, 15) is 19.2 Å². The molecule has 2 aromatic rings. The lowest BCUT2D eigenvalue weighted by Gasteiger charge is -2.34. The molecule has 0 saturated carbocycles. The summed E-state index contributed by atoms with van der Waals surface area (Å²) >= 11 is 0. The second-order valence-corrected chi connectivity index (χ2v) is 6.92. The number of hydrogen-bond donors (Lipinski definition) is 0. The fourth-order valence-corrected chi connectivity index (χ4v) is 3.85. The van der Waals surface area contributed by atoms with Gasteiger partial charge in [0.2, 0.25) is 0 Å². The Labute approximate surface area is 186 Å². The molecule has 0 radical (unpaired) electrons. The van der Waals surface area contributed by atoms with E-state index < -0.39 is 47.5 Å². The minimum atomic E-state index is -1.46. The minimum absolute atomic E-state index is 0.528. The first-order valence-corrected chi connectivity index (χ1v) is 9.82. The van der Waals surface area contributed by atoms with Gasteiger partial charge in [0.15, 0.2) is 11.8 Å². The van der Waals surface area contributed by atoms with Crippen molar-refractivity contribution in [3.05, 3.63) is 71.8 Å². The molecular formula is C24H26O8. The summed E-state index contributed by atoms with van der Waals surface area (Å²) in [6.45, 7) is 0. The van der Waals surface area contributed by atoms with Crippen LogP contribution in [0.5, 0.6) is 0 Å². The van der Waals surface area contributed by atoms with Crippen molar-refractivity contribution in [1.29, 1.82) is 0 Å². The summed E-state index contributed by atoms with van der Waals surface area (Å²) < 4.78 is 19.6. The summed E-state index contributed by atoms with van der Waals surface area (Å²) in [6, 6.07) is 17.2. The molecule has 0 aliphatic carbocycles. The lowest BCUT2D eigenvalue weighted by molar-refractivity contribution is -0.166. The molecule has 0 aromatic heterocycles. The quantitative estimate of drug-likeness (QED) is 0.331. The highest BCUT2D eigenvalue weighted by atomic mass is 16.6. The van der Waals surface area contributed by atoms with Crippen molar-refractivity contribution < 1.29 is 38.1 Å². The van der Waals surface area contributed by atoms with Crippen molar-refractivity contribution >= 4 is 23.9 Å². The smallest absolute Gasteiger partial charge is 0.320 e. The molecule has 0 bridgehead atoms. The zero-order valence-corrected chi connectivity index (χ0v) is 18.3. The summed E-state index contributed by atoms with van der Waals surface area (Å²) in [4.78, 5) is 51.2. The van der Waals surface area contributed by atoms with Crippen LogP contribution in [-0.4, -0.2) is 52.3 Å². The molecule has 0 aliphatic heterocycles. The predicted molar refractivity (Wildman–Crippen MR) is 113 cm³/mol. The molecule has 0 heterocycles. The molecule has 32 heavy (non-hydrogen) atoms. The van der Waals surface area contributed by atoms with Gasteiger partial charge in [0.05, 0.1) is 28.4 Å². The van der Waals surface area contributed by atoms with Crippen molar-refractivity contribution in [3.63, 3.8) is 0 Å². The fraction of sp³-hybridized carbons (Fsp3) is 0.333. The lowest BCUT2D eigenvalue weighted by atomic mass is 9.68. The van der Waals surface area contributed by atoms with Gasteiger partial charge in [0.25, 0.3) is 0 Å². The third kappa shape index (κ3) is 5.32. The second kappa shape index (κ2) is 11.6. The maximum Gasteiger partial charge on any atom is 0.320 e. The van der Waals surface area contributed by atoms with Gasteiger partial charge in [0, 0.05) is 11.8 Å². The molecule has 2 atom stereocenters. The highest BCUT2D eigenvalue weighted by molar-refractivity contribution is 5.99. The first-order valence-electron chi connectivity index (χ1n) is 9.82. The Morgan fingerprint density at radius 2 is 0.750 bits per heavy atom. The first-order chi connectivity index (χ1) is 15.4. The average molecular weight is 442 g/mol. The third-order valence-electron chi connectivity index (χ3n) is 5.29. The number of ether oxygens (including phenoxy) is 4. The molecule has 0 amide bonds. The van der Waals surface area contributed by atoms with E-state index in [1.807, 2.05) is 0 Å². The zero-order valence-electron chi connectivity index (χ0n) is 18.3. The maximum atomic E-state index is 12.8. The normalized spacial score (nSPS) is 12.6. The van der Waals surface area contributed by atoms with Gasteiger partial charge in [-0.1, -0.05) is 60.7 Å². The molecule has 2 rings (SSSR count). The molecule has 8 nitrogen and oxygen atoms in total. The van der Waals surface area contributed by atoms with Crippen molar-refractivity contribution in [2.45, 2.75) is 11.8 Å². The zero-order chi connectivity index (χ0) is 23.7. The van der Waals surface area contributed by atoms with E-state index in [1.165, 1.54) is 0 Å². The number of methoxy groups -OCH3 is 4. The highest BCUT2D eigenvalue weighted by Gasteiger charge is 2.50. The van der Waals surface area contributed by atoms with E-state index in [0.29, 0.717) is 11.1 Å². The van der Waals surface area contributed by atoms with Crippen molar-refractivity contribution in [3.8, 4) is 0 Å². The SMILES string of the molecule is COC(=O)C(C(=O)OC)[C@H](c1ccccc1)[C@@H](c1ccccc1)C(C(=O)OC)C(=O)OC. The lowest BCUT2D eigenvalue weighted by Crippen LogP contribution is -2.41. The summed E-state index contributed by atoms with van der Waals surface area (Å²) in [5, 5.41) is 0. The maximum absolute atomic E-state index is 12.8. The van der Waals surface area contributed by atoms with Gasteiger partial charge in [-0.05, 0) is 11.1 Å². The number of benzene rings is 2. The van der Waals surface area contributed by atoms with Gasteiger partial charge in [-0.25, -0.2) is 0 Å². The van der Waals surface area contributed by atoms with Gasteiger partial charge >= 0.3 is 23.9 Å². The minimum Gasteiger partial charge on any atom is -0.468 e. The average Bonchev–Trinajstić information content (AvgIpc) is 2.85. The Morgan fingerprint density at radius 1 is 0.500 bits per heavy atom. The molecular weight excluding hydrogens is 416 g/mol. The molecule has 0 unspecified atom stereocenters.